The number of aliphatic hydroxyl groups excluding tert-OH is 1. The molecule has 12 nitrogen and oxygen atoms in total. The lowest BCUT2D eigenvalue weighted by Crippen LogP contribution is -2.60. The van der Waals surface area contributed by atoms with Crippen LogP contribution in [0.15, 0.2) is 54.7 Å². The largest absolute Gasteiger partial charge is 0.391 e. The highest BCUT2D eigenvalue weighted by Crippen LogP contribution is 2.09. The van der Waals surface area contributed by atoms with E-state index in [2.05, 4.69) is 26.3 Å². The van der Waals surface area contributed by atoms with Gasteiger partial charge < -0.3 is 31.3 Å². The monoisotopic (exact) mass is 566 g/mol. The van der Waals surface area contributed by atoms with Crippen molar-refractivity contribution in [2.45, 2.75) is 57.8 Å². The summed E-state index contributed by atoms with van der Waals surface area (Å²) in [7, 11) is 0. The Labute approximate surface area is 239 Å². The van der Waals surface area contributed by atoms with Crippen molar-refractivity contribution in [2.75, 3.05) is 19.6 Å². The summed E-state index contributed by atoms with van der Waals surface area (Å²) in [6, 6.07) is 10.7. The normalized spacial score (nSPS) is 22.0. The van der Waals surface area contributed by atoms with Gasteiger partial charge in [0, 0.05) is 31.4 Å². The number of hydrogen-bond donors (Lipinski definition) is 5. The van der Waals surface area contributed by atoms with Crippen LogP contribution in [0.25, 0.3) is 0 Å². The number of nitrogens with one attached hydrogen (secondary N) is 4. The molecule has 4 atom stereocenters. The maximum Gasteiger partial charge on any atom is 0.245 e. The minimum atomic E-state index is -1.32. The van der Waals surface area contributed by atoms with Gasteiger partial charge in [0.2, 0.25) is 29.5 Å². The molecule has 2 aromatic rings. The van der Waals surface area contributed by atoms with Gasteiger partial charge in [-0.05, 0) is 30.5 Å². The Morgan fingerprint density at radius 1 is 0.927 bits per heavy atom. The van der Waals surface area contributed by atoms with E-state index < -0.39 is 53.8 Å². The lowest BCUT2D eigenvalue weighted by atomic mass is 10.0. The third-order valence-corrected chi connectivity index (χ3v) is 6.67. The van der Waals surface area contributed by atoms with Gasteiger partial charge in [0.05, 0.1) is 19.1 Å². The van der Waals surface area contributed by atoms with Gasteiger partial charge in [-0.1, -0.05) is 50.2 Å². The van der Waals surface area contributed by atoms with Crippen molar-refractivity contribution >= 4 is 29.5 Å². The number of pyridine rings is 1. The van der Waals surface area contributed by atoms with E-state index in [1.54, 1.807) is 62.5 Å². The fraction of sp³-hybridized carbons (Fsp3) is 0.448. The molecule has 5 amide bonds. The van der Waals surface area contributed by atoms with Crippen molar-refractivity contribution in [2.24, 2.45) is 5.92 Å². The number of hydrogen-bond acceptors (Lipinski definition) is 7. The molecule has 1 aliphatic rings. The molecule has 1 saturated heterocycles. The molecule has 0 spiro atoms. The average Bonchev–Trinajstić information content (AvgIpc) is 2.93. The quantitative estimate of drug-likeness (QED) is 0.308. The molecule has 1 aliphatic heterocycles. The van der Waals surface area contributed by atoms with E-state index >= 15 is 0 Å². The zero-order valence-corrected chi connectivity index (χ0v) is 23.5. The van der Waals surface area contributed by atoms with Gasteiger partial charge in [-0.15, -0.1) is 0 Å². The topological polar surface area (TPSA) is 170 Å². The fourth-order valence-corrected chi connectivity index (χ4v) is 4.39. The number of carbonyl (C=O) groups is 5. The van der Waals surface area contributed by atoms with Crippen molar-refractivity contribution in [1.82, 2.24) is 31.2 Å². The number of aromatic nitrogens is 1. The molecule has 5 N–H and O–H groups in total. The van der Waals surface area contributed by atoms with E-state index in [4.69, 9.17) is 0 Å². The van der Waals surface area contributed by atoms with E-state index in [-0.39, 0.29) is 38.4 Å². The van der Waals surface area contributed by atoms with E-state index in [0.29, 0.717) is 5.69 Å². The second-order valence-corrected chi connectivity index (χ2v) is 10.4. The van der Waals surface area contributed by atoms with Gasteiger partial charge in [-0.25, -0.2) is 0 Å². The lowest BCUT2D eigenvalue weighted by molar-refractivity contribution is -0.137. The molecule has 12 heteroatoms. The summed E-state index contributed by atoms with van der Waals surface area (Å²) in [5.41, 5.74) is 1.27. The van der Waals surface area contributed by atoms with Crippen molar-refractivity contribution in [3.63, 3.8) is 0 Å². The molecule has 3 rings (SSSR count). The Morgan fingerprint density at radius 2 is 1.63 bits per heavy atom. The highest BCUT2D eigenvalue weighted by Gasteiger charge is 2.33. The Morgan fingerprint density at radius 3 is 2.27 bits per heavy atom. The molecule has 1 aromatic carbocycles. The first kappa shape index (κ1) is 31.2. The van der Waals surface area contributed by atoms with Crippen molar-refractivity contribution < 1.29 is 29.1 Å². The van der Waals surface area contributed by atoms with Gasteiger partial charge in [0.25, 0.3) is 0 Å². The zero-order chi connectivity index (χ0) is 29.9. The van der Waals surface area contributed by atoms with Crippen LogP contribution in [0.4, 0.5) is 0 Å². The van der Waals surface area contributed by atoms with Gasteiger partial charge in [-0.2, -0.15) is 0 Å². The summed E-state index contributed by atoms with van der Waals surface area (Å²) >= 11 is 0. The minimum absolute atomic E-state index is 0.0273. The first-order valence-electron chi connectivity index (χ1n) is 13.6. The number of amides is 5. The van der Waals surface area contributed by atoms with Crippen LogP contribution in [-0.4, -0.2) is 88.4 Å². The number of nitrogens with zero attached hydrogens (tertiary/aromatic N) is 2. The van der Waals surface area contributed by atoms with Crippen molar-refractivity contribution in [3.8, 4) is 0 Å². The Balaban J connectivity index is 1.90. The number of benzene rings is 1. The van der Waals surface area contributed by atoms with Crippen LogP contribution in [0.3, 0.4) is 0 Å². The summed E-state index contributed by atoms with van der Waals surface area (Å²) < 4.78 is 0. The molecule has 1 aromatic heterocycles. The number of carbonyl (C=O) groups excluding carboxylic acids is 5. The van der Waals surface area contributed by atoms with Gasteiger partial charge in [-0.3, -0.25) is 29.0 Å². The smallest absolute Gasteiger partial charge is 0.245 e. The first-order valence-corrected chi connectivity index (χ1v) is 13.6. The minimum Gasteiger partial charge on any atom is -0.391 e. The molecule has 0 radical (unpaired) electrons. The summed E-state index contributed by atoms with van der Waals surface area (Å²) in [5.74, 6) is -3.25. The highest BCUT2D eigenvalue weighted by atomic mass is 16.3. The lowest BCUT2D eigenvalue weighted by Gasteiger charge is -2.27. The van der Waals surface area contributed by atoms with Crippen molar-refractivity contribution in [3.05, 3.63) is 66.0 Å². The predicted octanol–water partition coefficient (Wildman–Crippen LogP) is -0.684. The Hall–Kier alpha value is -4.32. The number of rotatable bonds is 6. The third kappa shape index (κ3) is 9.38. The Bertz CT molecular complexity index is 1210. The molecule has 41 heavy (non-hydrogen) atoms. The standard InChI is InChI=1S/C29H38N6O6/c1-18(2)25-29(41)32-22(15-20-9-5-4-6-10-20)27(39)34-26(19(3)36)28(40)31-13-14-35(17-23(37)33-25)24(38)16-21-11-7-8-12-30-21/h4-12,18-19,22,25-26,36H,13-17H2,1-3H3,(H,31,40)(H,32,41)(H,33,37)(H,34,39)/t19-,22+,25-,26+/m1/s1. The third-order valence-electron chi connectivity index (χ3n) is 6.67. The maximum absolute atomic E-state index is 13.4. The first-order chi connectivity index (χ1) is 19.5. The SMILES string of the molecule is CC(C)[C@H]1NC(=O)CN(C(=O)Cc2ccccn2)CCNC(=O)[C@H]([C@@H](C)O)NC(=O)[C@H](Cc2ccccc2)NC1=O. The molecule has 0 saturated carbocycles. The molecule has 0 unspecified atom stereocenters. The molecular formula is C29H38N6O6. The molecule has 0 bridgehead atoms. The average molecular weight is 567 g/mol. The predicted molar refractivity (Wildman–Crippen MR) is 150 cm³/mol. The summed E-state index contributed by atoms with van der Waals surface area (Å²) in [5, 5.41) is 20.9. The van der Waals surface area contributed by atoms with E-state index in [0.717, 1.165) is 5.56 Å². The highest BCUT2D eigenvalue weighted by molar-refractivity contribution is 5.95. The van der Waals surface area contributed by atoms with E-state index in [1.807, 2.05) is 6.07 Å². The second-order valence-electron chi connectivity index (χ2n) is 10.4. The second kappa shape index (κ2) is 14.9. The summed E-state index contributed by atoms with van der Waals surface area (Å²) in [4.78, 5) is 71.4. The fourth-order valence-electron chi connectivity index (χ4n) is 4.39. The molecular weight excluding hydrogens is 528 g/mol. The van der Waals surface area contributed by atoms with E-state index in [9.17, 15) is 29.1 Å². The van der Waals surface area contributed by atoms with Crippen LogP contribution in [0.5, 0.6) is 0 Å². The van der Waals surface area contributed by atoms with Crippen LogP contribution >= 0.6 is 0 Å². The maximum atomic E-state index is 13.4. The molecule has 1 fully saturated rings. The van der Waals surface area contributed by atoms with Gasteiger partial charge in [0.1, 0.15) is 18.1 Å². The van der Waals surface area contributed by atoms with Crippen molar-refractivity contribution in [1.29, 1.82) is 0 Å². The molecule has 0 aliphatic carbocycles. The Kier molecular flexibility index (Phi) is 11.3. The van der Waals surface area contributed by atoms with Gasteiger partial charge in [0.15, 0.2) is 0 Å². The van der Waals surface area contributed by atoms with Crippen LogP contribution in [0.1, 0.15) is 32.0 Å². The van der Waals surface area contributed by atoms with Crippen LogP contribution in [-0.2, 0) is 36.8 Å². The molecule has 220 valence electrons. The molecule has 2 heterocycles. The van der Waals surface area contributed by atoms with E-state index in [1.165, 1.54) is 11.8 Å². The van der Waals surface area contributed by atoms with Crippen LogP contribution in [0.2, 0.25) is 0 Å². The summed E-state index contributed by atoms with van der Waals surface area (Å²) in [6.07, 6.45) is 0.351. The van der Waals surface area contributed by atoms with Crippen LogP contribution < -0.4 is 21.3 Å². The number of aliphatic hydroxyl groups is 1. The van der Waals surface area contributed by atoms with Gasteiger partial charge >= 0.3 is 0 Å². The summed E-state index contributed by atoms with van der Waals surface area (Å²) in [6.45, 7) is 4.44. The zero-order valence-electron chi connectivity index (χ0n) is 23.5. The van der Waals surface area contributed by atoms with Crippen LogP contribution in [0, 0.1) is 5.92 Å².